The summed E-state index contributed by atoms with van der Waals surface area (Å²) >= 11 is 0. The number of benzene rings is 1. The topological polar surface area (TPSA) is 67.8 Å². The van der Waals surface area contributed by atoms with Gasteiger partial charge in [-0.1, -0.05) is 58.0 Å². The highest BCUT2D eigenvalue weighted by molar-refractivity contribution is 5.80. The molecule has 0 saturated carbocycles. The number of hydrogen-bond donors (Lipinski definition) is 2. The fourth-order valence-electron chi connectivity index (χ4n) is 4.87. The fourth-order valence-corrected chi connectivity index (χ4v) is 4.87. The van der Waals surface area contributed by atoms with Crippen LogP contribution >= 0.6 is 0 Å². The molecular formula is C23H35NO4. The number of aliphatic hydroxyl groups excluding tert-OH is 1. The molecule has 156 valence electrons. The number of ether oxygens (including phenoxy) is 2. The number of nitrogens with one attached hydrogen (secondary N) is 1. The Hall–Kier alpha value is -1.43. The second kappa shape index (κ2) is 8.93. The number of carbonyl (C=O) groups excluding carboxylic acids is 1. The van der Waals surface area contributed by atoms with Gasteiger partial charge in [-0.15, -0.1) is 0 Å². The van der Waals surface area contributed by atoms with E-state index < -0.39 is 11.8 Å². The van der Waals surface area contributed by atoms with E-state index in [-0.39, 0.29) is 35.7 Å². The van der Waals surface area contributed by atoms with Gasteiger partial charge in [-0.05, 0) is 24.8 Å². The monoisotopic (exact) mass is 389 g/mol. The summed E-state index contributed by atoms with van der Waals surface area (Å²) < 4.78 is 12.4. The molecule has 5 nitrogen and oxygen atoms in total. The average Bonchev–Trinajstić information content (AvgIpc) is 2.70. The highest BCUT2D eigenvalue weighted by Gasteiger charge is 2.56. The largest absolute Gasteiger partial charge is 0.392 e. The van der Waals surface area contributed by atoms with Gasteiger partial charge in [-0.3, -0.25) is 4.79 Å². The molecule has 0 unspecified atom stereocenters. The second-order valence-electron chi connectivity index (χ2n) is 8.65. The van der Waals surface area contributed by atoms with Crippen molar-refractivity contribution in [2.75, 3.05) is 6.61 Å². The number of amides is 1. The standard InChI is InChI=1S/C23H35NO4/c1-5-19-13-15(2)23(24-22(19)26)17(4)21(25)16(3)20(28-23)11-12-27-14-18-9-7-6-8-10-18/h6-10,15-17,19-21,25H,5,11-14H2,1-4H3,(H,24,26)/t15-,16-,17-,19-,20-,21-,23+/m0/s1. The van der Waals surface area contributed by atoms with Crippen molar-refractivity contribution in [1.29, 1.82) is 0 Å². The van der Waals surface area contributed by atoms with Crippen LogP contribution in [0.2, 0.25) is 0 Å². The Balaban J connectivity index is 1.64. The summed E-state index contributed by atoms with van der Waals surface area (Å²) in [5.74, 6) is 0.0728. The molecule has 1 aromatic rings. The highest BCUT2D eigenvalue weighted by Crippen LogP contribution is 2.45. The molecule has 1 aromatic carbocycles. The fraction of sp³-hybridized carbons (Fsp3) is 0.696. The first-order chi connectivity index (χ1) is 13.4. The van der Waals surface area contributed by atoms with E-state index >= 15 is 0 Å². The first kappa shape index (κ1) is 21.3. The smallest absolute Gasteiger partial charge is 0.225 e. The van der Waals surface area contributed by atoms with Crippen LogP contribution < -0.4 is 5.32 Å². The molecule has 2 aliphatic heterocycles. The van der Waals surface area contributed by atoms with Gasteiger partial charge in [0, 0.05) is 30.3 Å². The molecule has 3 rings (SSSR count). The van der Waals surface area contributed by atoms with E-state index in [0.29, 0.717) is 19.6 Å². The first-order valence-corrected chi connectivity index (χ1v) is 10.7. The lowest BCUT2D eigenvalue weighted by Gasteiger charge is -2.56. The van der Waals surface area contributed by atoms with Crippen molar-refractivity contribution in [2.24, 2.45) is 23.7 Å². The van der Waals surface area contributed by atoms with Crippen molar-refractivity contribution in [3.05, 3.63) is 35.9 Å². The third kappa shape index (κ3) is 4.12. The van der Waals surface area contributed by atoms with E-state index in [1.54, 1.807) is 0 Å². The number of carbonyl (C=O) groups is 1. The van der Waals surface area contributed by atoms with Gasteiger partial charge >= 0.3 is 0 Å². The highest BCUT2D eigenvalue weighted by atomic mass is 16.5. The van der Waals surface area contributed by atoms with Gasteiger partial charge in [0.05, 0.1) is 18.8 Å². The Morgan fingerprint density at radius 3 is 2.64 bits per heavy atom. The van der Waals surface area contributed by atoms with Crippen LogP contribution in [-0.2, 0) is 20.9 Å². The van der Waals surface area contributed by atoms with Crippen molar-refractivity contribution in [1.82, 2.24) is 5.32 Å². The minimum Gasteiger partial charge on any atom is -0.392 e. The van der Waals surface area contributed by atoms with E-state index in [1.807, 2.05) is 51.1 Å². The summed E-state index contributed by atoms with van der Waals surface area (Å²) in [5.41, 5.74) is 0.350. The van der Waals surface area contributed by atoms with Gasteiger partial charge in [-0.2, -0.15) is 0 Å². The predicted molar refractivity (Wildman–Crippen MR) is 108 cm³/mol. The van der Waals surface area contributed by atoms with Crippen LogP contribution in [0.1, 0.15) is 52.5 Å². The van der Waals surface area contributed by atoms with E-state index in [1.165, 1.54) is 0 Å². The summed E-state index contributed by atoms with van der Waals surface area (Å²) in [7, 11) is 0. The molecule has 2 heterocycles. The molecule has 1 spiro atoms. The van der Waals surface area contributed by atoms with Gasteiger partial charge < -0.3 is 19.9 Å². The van der Waals surface area contributed by atoms with Crippen LogP contribution in [-0.4, -0.2) is 35.6 Å². The molecule has 2 N–H and O–H groups in total. The second-order valence-corrected chi connectivity index (χ2v) is 8.65. The Labute approximate surface area is 168 Å². The van der Waals surface area contributed by atoms with E-state index in [4.69, 9.17) is 9.47 Å². The Bertz CT molecular complexity index is 651. The molecule has 7 atom stereocenters. The maximum absolute atomic E-state index is 12.6. The maximum atomic E-state index is 12.6. The van der Waals surface area contributed by atoms with E-state index in [2.05, 4.69) is 12.2 Å². The van der Waals surface area contributed by atoms with Crippen LogP contribution in [0.15, 0.2) is 30.3 Å². The van der Waals surface area contributed by atoms with Gasteiger partial charge in [0.2, 0.25) is 5.91 Å². The third-order valence-electron chi connectivity index (χ3n) is 6.87. The average molecular weight is 390 g/mol. The van der Waals surface area contributed by atoms with Gasteiger partial charge in [0.25, 0.3) is 0 Å². The lowest BCUT2D eigenvalue weighted by molar-refractivity contribution is -0.264. The quantitative estimate of drug-likeness (QED) is 0.731. The summed E-state index contributed by atoms with van der Waals surface area (Å²) in [6.07, 6.45) is 1.65. The molecule has 0 radical (unpaired) electrons. The zero-order chi connectivity index (χ0) is 20.3. The third-order valence-corrected chi connectivity index (χ3v) is 6.87. The van der Waals surface area contributed by atoms with Crippen molar-refractivity contribution in [2.45, 2.75) is 71.5 Å². The summed E-state index contributed by atoms with van der Waals surface area (Å²) in [4.78, 5) is 12.6. The SMILES string of the molecule is CC[C@H]1C[C@H](C)[C@@]2(NC1=O)O[C@@H](CCOCc1ccccc1)[C@H](C)[C@H](O)[C@@H]2C. The van der Waals surface area contributed by atoms with Crippen molar-refractivity contribution >= 4 is 5.91 Å². The van der Waals surface area contributed by atoms with Crippen LogP contribution in [0.4, 0.5) is 0 Å². The van der Waals surface area contributed by atoms with E-state index in [0.717, 1.165) is 18.4 Å². The molecule has 2 fully saturated rings. The Morgan fingerprint density at radius 2 is 1.96 bits per heavy atom. The van der Waals surface area contributed by atoms with Gasteiger partial charge in [0.15, 0.2) is 0 Å². The number of rotatable bonds is 6. The van der Waals surface area contributed by atoms with Gasteiger partial charge in [-0.25, -0.2) is 0 Å². The van der Waals surface area contributed by atoms with E-state index in [9.17, 15) is 9.90 Å². The molecule has 0 aliphatic carbocycles. The van der Waals surface area contributed by atoms with Crippen LogP contribution in [0, 0.1) is 23.7 Å². The maximum Gasteiger partial charge on any atom is 0.225 e. The van der Waals surface area contributed by atoms with Crippen molar-refractivity contribution in [3.63, 3.8) is 0 Å². The normalized spacial score (nSPS) is 38.4. The minimum absolute atomic E-state index is 0.00560. The lowest BCUT2D eigenvalue weighted by atomic mass is 9.69. The molecule has 0 aromatic heterocycles. The van der Waals surface area contributed by atoms with Crippen LogP contribution in [0.25, 0.3) is 0 Å². The van der Waals surface area contributed by atoms with Crippen LogP contribution in [0.5, 0.6) is 0 Å². The predicted octanol–water partition coefficient (Wildman–Crippen LogP) is 3.50. The lowest BCUT2D eigenvalue weighted by Crippen LogP contribution is -2.70. The Morgan fingerprint density at radius 1 is 1.25 bits per heavy atom. The zero-order valence-electron chi connectivity index (χ0n) is 17.6. The van der Waals surface area contributed by atoms with Crippen molar-refractivity contribution in [3.8, 4) is 0 Å². The number of aliphatic hydroxyl groups is 1. The molecule has 0 bridgehead atoms. The Kier molecular flexibility index (Phi) is 6.79. The molecule has 5 heteroatoms. The molecular weight excluding hydrogens is 354 g/mol. The van der Waals surface area contributed by atoms with Gasteiger partial charge in [0.1, 0.15) is 5.72 Å². The number of hydrogen-bond acceptors (Lipinski definition) is 4. The van der Waals surface area contributed by atoms with Crippen molar-refractivity contribution < 1.29 is 19.4 Å². The molecule has 1 amide bonds. The summed E-state index contributed by atoms with van der Waals surface area (Å²) in [5, 5.41) is 14.1. The van der Waals surface area contributed by atoms with Crippen LogP contribution in [0.3, 0.4) is 0 Å². The summed E-state index contributed by atoms with van der Waals surface area (Å²) in [6, 6.07) is 10.1. The minimum atomic E-state index is -0.793. The molecule has 28 heavy (non-hydrogen) atoms. The number of piperidine rings is 1. The zero-order valence-corrected chi connectivity index (χ0v) is 17.6. The first-order valence-electron chi connectivity index (χ1n) is 10.7. The summed E-state index contributed by atoms with van der Waals surface area (Å²) in [6.45, 7) is 9.32. The molecule has 2 saturated heterocycles. The molecule has 2 aliphatic rings.